The molecule has 12 heteroatoms. The monoisotopic (exact) mass is 496 g/mol. The van der Waals surface area contributed by atoms with Crippen LogP contribution in [0.25, 0.3) is 0 Å². The van der Waals surface area contributed by atoms with Crippen molar-refractivity contribution in [3.05, 3.63) is 65.2 Å². The number of carboxylic acids is 2. The molecule has 0 bridgehead atoms. The van der Waals surface area contributed by atoms with Crippen LogP contribution in [0.2, 0.25) is 0 Å². The van der Waals surface area contributed by atoms with Crippen LogP contribution in [0.15, 0.2) is 48.5 Å². The number of fused-ring (bicyclic) bond motifs is 2. The van der Waals surface area contributed by atoms with Gasteiger partial charge >= 0.3 is 17.9 Å². The number of nitrogens with one attached hydrogen (secondary N) is 1. The van der Waals surface area contributed by atoms with Crippen molar-refractivity contribution in [3.8, 4) is 0 Å². The molecule has 3 heterocycles. The topological polar surface area (TPSA) is 156 Å². The molecule has 2 aromatic carbocycles. The minimum absolute atomic E-state index is 0.00166. The minimum Gasteiger partial charge on any atom is -0.473 e. The highest BCUT2D eigenvalue weighted by Gasteiger charge is 2.68. The first-order valence-corrected chi connectivity index (χ1v) is 11.1. The van der Waals surface area contributed by atoms with Gasteiger partial charge in [-0.3, -0.25) is 14.4 Å². The summed E-state index contributed by atoms with van der Waals surface area (Å²) in [7, 11) is 0. The van der Waals surface area contributed by atoms with E-state index in [-0.39, 0.29) is 11.8 Å². The highest BCUT2D eigenvalue weighted by molar-refractivity contribution is 6.27. The third-order valence-electron chi connectivity index (χ3n) is 6.09. The Hall–Kier alpha value is -4.29. The second-order valence-electron chi connectivity index (χ2n) is 8.42. The molecule has 3 aliphatic rings. The van der Waals surface area contributed by atoms with Crippen LogP contribution in [0.5, 0.6) is 0 Å². The molecular formula is C24H24N4O8. The summed E-state index contributed by atoms with van der Waals surface area (Å²) in [4.78, 5) is 61.9. The molecule has 3 N–H and O–H groups in total. The van der Waals surface area contributed by atoms with E-state index < -0.39 is 23.6 Å². The third-order valence-corrected chi connectivity index (χ3v) is 6.09. The van der Waals surface area contributed by atoms with Gasteiger partial charge in [0.2, 0.25) is 5.91 Å². The van der Waals surface area contributed by atoms with Crippen molar-refractivity contribution in [1.29, 1.82) is 0 Å². The maximum atomic E-state index is 13.3. The quantitative estimate of drug-likeness (QED) is 0.414. The molecular weight excluding hydrogens is 472 g/mol. The van der Waals surface area contributed by atoms with Crippen molar-refractivity contribution in [3.63, 3.8) is 0 Å². The summed E-state index contributed by atoms with van der Waals surface area (Å²) in [5.74, 6) is -4.11. The van der Waals surface area contributed by atoms with Crippen LogP contribution in [0.4, 0.5) is 5.69 Å². The molecule has 0 aromatic heterocycles. The fourth-order valence-corrected chi connectivity index (χ4v) is 4.43. The number of hydrogen-bond acceptors (Lipinski definition) is 8. The predicted molar refractivity (Wildman–Crippen MR) is 123 cm³/mol. The largest absolute Gasteiger partial charge is 0.473 e. The molecule has 188 valence electrons. The molecule has 0 saturated carbocycles. The maximum absolute atomic E-state index is 13.3. The van der Waals surface area contributed by atoms with E-state index in [1.54, 1.807) is 22.2 Å². The number of aryl methyl sites for hydroxylation is 1. The van der Waals surface area contributed by atoms with Gasteiger partial charge < -0.3 is 25.3 Å². The number of carbonyl (C=O) groups excluding carboxylic acids is 3. The minimum atomic E-state index is -1.82. The average molecular weight is 496 g/mol. The third kappa shape index (κ3) is 4.76. The standard InChI is InChI=1S/C22H22N4O4.C2H2O4/c1-15(27)30-26-22(18-5-3-2-4-6-18)14-24(11-12-25(22)26)21(29)17-7-9-19-16(13-17)8-10-20(28)23-19;3-1(4)2(5)6/h2-7,9,13H,8,10-12,14H2,1H3,(H,23,28);(H,3,4)(H,5,6). The number of hydroxylamine groups is 1. The van der Waals surface area contributed by atoms with Crippen molar-refractivity contribution < 1.29 is 39.0 Å². The van der Waals surface area contributed by atoms with Crippen LogP contribution in [-0.2, 0) is 36.1 Å². The van der Waals surface area contributed by atoms with E-state index in [1.807, 2.05) is 41.4 Å². The number of amides is 2. The fourth-order valence-electron chi connectivity index (χ4n) is 4.43. The Morgan fingerprint density at radius 2 is 1.67 bits per heavy atom. The molecule has 2 saturated heterocycles. The SMILES string of the molecule is CC(=O)ON1N2CCN(C(=O)c3ccc4c(c3)CCC(=O)N4)CC21c1ccccc1.O=C(O)C(=O)O. The molecule has 12 nitrogen and oxygen atoms in total. The number of carbonyl (C=O) groups is 5. The molecule has 0 aliphatic carbocycles. The van der Waals surface area contributed by atoms with E-state index in [1.165, 1.54) is 6.92 Å². The molecule has 2 amide bonds. The summed E-state index contributed by atoms with van der Waals surface area (Å²) in [6, 6.07) is 15.2. The van der Waals surface area contributed by atoms with E-state index in [0.717, 1.165) is 16.8 Å². The van der Waals surface area contributed by atoms with E-state index in [9.17, 15) is 14.4 Å². The van der Waals surface area contributed by atoms with E-state index in [0.29, 0.717) is 38.0 Å². The van der Waals surface area contributed by atoms with Crippen LogP contribution in [-0.4, -0.2) is 74.7 Å². The lowest BCUT2D eigenvalue weighted by Crippen LogP contribution is -2.47. The summed E-state index contributed by atoms with van der Waals surface area (Å²) in [5.41, 5.74) is 2.66. The number of hydrogen-bond donors (Lipinski definition) is 3. The first-order chi connectivity index (χ1) is 17.1. The van der Waals surface area contributed by atoms with Gasteiger partial charge in [-0.25, -0.2) is 9.59 Å². The summed E-state index contributed by atoms with van der Waals surface area (Å²) < 4.78 is 0. The Balaban J connectivity index is 0.000000455. The van der Waals surface area contributed by atoms with Gasteiger partial charge in [-0.1, -0.05) is 30.3 Å². The second-order valence-corrected chi connectivity index (χ2v) is 8.42. The molecule has 5 rings (SSSR count). The zero-order valence-electron chi connectivity index (χ0n) is 19.3. The van der Waals surface area contributed by atoms with Gasteiger partial charge in [0, 0.05) is 37.7 Å². The zero-order valence-corrected chi connectivity index (χ0v) is 19.3. The van der Waals surface area contributed by atoms with Crippen LogP contribution in [0.1, 0.15) is 34.8 Å². The van der Waals surface area contributed by atoms with E-state index >= 15 is 0 Å². The number of nitrogens with zero attached hydrogens (tertiary/aromatic N) is 3. The average Bonchev–Trinajstić information content (AvgIpc) is 3.50. The Morgan fingerprint density at radius 3 is 2.31 bits per heavy atom. The van der Waals surface area contributed by atoms with Gasteiger partial charge in [0.15, 0.2) is 5.66 Å². The number of aliphatic carboxylic acids is 2. The van der Waals surface area contributed by atoms with Crippen molar-refractivity contribution in [2.24, 2.45) is 0 Å². The van der Waals surface area contributed by atoms with Gasteiger partial charge in [-0.15, -0.1) is 0 Å². The number of carboxylic acid groups (broad SMARTS) is 2. The fraction of sp³-hybridized carbons (Fsp3) is 0.292. The smallest absolute Gasteiger partial charge is 0.414 e. The first-order valence-electron chi connectivity index (χ1n) is 11.1. The van der Waals surface area contributed by atoms with Crippen LogP contribution in [0.3, 0.4) is 0 Å². The number of benzene rings is 2. The Kier molecular flexibility index (Phi) is 6.73. The highest BCUT2D eigenvalue weighted by atomic mass is 16.8. The number of hydrazine groups is 1. The number of piperazine rings is 1. The Labute approximate surface area is 205 Å². The van der Waals surface area contributed by atoms with Gasteiger partial charge in [-0.2, -0.15) is 5.01 Å². The molecule has 3 atom stereocenters. The molecule has 0 spiro atoms. The second kappa shape index (κ2) is 9.76. The molecule has 2 aromatic rings. The number of rotatable bonds is 3. The van der Waals surface area contributed by atoms with Crippen LogP contribution in [0, 0.1) is 0 Å². The molecule has 3 aliphatic heterocycles. The van der Waals surface area contributed by atoms with Gasteiger partial charge in [-0.05, 0) is 40.9 Å². The van der Waals surface area contributed by atoms with Gasteiger partial charge in [0.05, 0.1) is 6.54 Å². The van der Waals surface area contributed by atoms with Crippen molar-refractivity contribution in [2.75, 3.05) is 25.0 Å². The lowest BCUT2D eigenvalue weighted by Gasteiger charge is -2.31. The van der Waals surface area contributed by atoms with Crippen LogP contribution >= 0.6 is 0 Å². The maximum Gasteiger partial charge on any atom is 0.414 e. The highest BCUT2D eigenvalue weighted by Crippen LogP contribution is 2.51. The van der Waals surface area contributed by atoms with E-state index in [4.69, 9.17) is 24.6 Å². The first kappa shape index (κ1) is 24.8. The van der Waals surface area contributed by atoms with E-state index in [2.05, 4.69) is 5.32 Å². The molecule has 2 fully saturated rings. The molecule has 3 unspecified atom stereocenters. The summed E-state index contributed by atoms with van der Waals surface area (Å²) in [5, 5.41) is 21.2. The summed E-state index contributed by atoms with van der Waals surface area (Å²) >= 11 is 0. The van der Waals surface area contributed by atoms with Crippen molar-refractivity contribution >= 4 is 35.4 Å². The molecule has 36 heavy (non-hydrogen) atoms. The van der Waals surface area contributed by atoms with Gasteiger partial charge in [0.1, 0.15) is 0 Å². The molecule has 0 radical (unpaired) electrons. The normalized spacial score (nSPS) is 23.6. The lowest BCUT2D eigenvalue weighted by molar-refractivity contribution is -0.178. The lowest BCUT2D eigenvalue weighted by atomic mass is 9.98. The zero-order chi connectivity index (χ0) is 26.0. The summed E-state index contributed by atoms with van der Waals surface area (Å²) in [6.45, 7) is 2.85. The van der Waals surface area contributed by atoms with Crippen molar-refractivity contribution in [2.45, 2.75) is 25.4 Å². The Bertz CT molecular complexity index is 1220. The summed E-state index contributed by atoms with van der Waals surface area (Å²) in [6.07, 6.45) is 1.06. The number of anilines is 1. The van der Waals surface area contributed by atoms with Crippen LogP contribution < -0.4 is 5.32 Å². The Morgan fingerprint density at radius 1 is 0.972 bits per heavy atom. The predicted octanol–water partition coefficient (Wildman–Crippen LogP) is 1.05. The van der Waals surface area contributed by atoms with Crippen molar-refractivity contribution in [1.82, 2.24) is 15.1 Å². The van der Waals surface area contributed by atoms with Gasteiger partial charge in [0.25, 0.3) is 5.91 Å².